The van der Waals surface area contributed by atoms with Gasteiger partial charge >= 0.3 is 0 Å². The second kappa shape index (κ2) is 7.87. The van der Waals surface area contributed by atoms with Gasteiger partial charge in [-0.05, 0) is 31.5 Å². The summed E-state index contributed by atoms with van der Waals surface area (Å²) in [6, 6.07) is 13.3. The van der Waals surface area contributed by atoms with Gasteiger partial charge in [-0.3, -0.25) is 14.6 Å². The van der Waals surface area contributed by atoms with Crippen LogP contribution in [0.5, 0.6) is 0 Å². The molecule has 2 aliphatic rings. The number of aryl methyl sites for hydroxylation is 1. The highest BCUT2D eigenvalue weighted by atomic mass is 16.2. The van der Waals surface area contributed by atoms with Crippen molar-refractivity contribution in [2.75, 3.05) is 39.3 Å². The molecule has 0 unspecified atom stereocenters. The molecule has 1 aromatic heterocycles. The molecule has 0 spiro atoms. The largest absolute Gasteiger partial charge is 0.349 e. The first-order valence-corrected chi connectivity index (χ1v) is 10.0. The van der Waals surface area contributed by atoms with E-state index in [0.717, 1.165) is 45.8 Å². The summed E-state index contributed by atoms with van der Waals surface area (Å²) in [5.41, 5.74) is 3.99. The molecule has 2 aliphatic heterocycles. The van der Waals surface area contributed by atoms with Crippen LogP contribution in [-0.4, -0.2) is 64.4 Å². The number of hydrogen-bond acceptors (Lipinski definition) is 3. The molecule has 1 saturated heterocycles. The maximum Gasteiger partial charge on any atom is 0.236 e. The molecule has 0 bridgehead atoms. The minimum absolute atomic E-state index is 0.275. The Morgan fingerprint density at radius 2 is 1.85 bits per heavy atom. The van der Waals surface area contributed by atoms with Crippen molar-refractivity contribution in [3.63, 3.8) is 0 Å². The zero-order valence-corrected chi connectivity index (χ0v) is 16.5. The van der Waals surface area contributed by atoms with E-state index in [1.54, 1.807) is 0 Å². The normalized spacial score (nSPS) is 21.3. The highest BCUT2D eigenvalue weighted by Crippen LogP contribution is 2.25. The second-order valence-electron chi connectivity index (χ2n) is 7.92. The van der Waals surface area contributed by atoms with E-state index in [9.17, 15) is 4.79 Å². The topological polar surface area (TPSA) is 31.7 Å². The van der Waals surface area contributed by atoms with Gasteiger partial charge in [0.1, 0.15) is 0 Å². The molecule has 5 heteroatoms. The summed E-state index contributed by atoms with van der Waals surface area (Å²) in [7, 11) is 0. The van der Waals surface area contributed by atoms with Crippen LogP contribution in [0.1, 0.15) is 29.8 Å². The molecular weight excluding hydrogens is 336 g/mol. The van der Waals surface area contributed by atoms with Crippen LogP contribution in [-0.2, 0) is 17.9 Å². The Morgan fingerprint density at radius 1 is 1.04 bits per heavy atom. The van der Waals surface area contributed by atoms with Gasteiger partial charge in [-0.15, -0.1) is 0 Å². The van der Waals surface area contributed by atoms with Gasteiger partial charge in [-0.2, -0.15) is 0 Å². The Labute approximate surface area is 162 Å². The third-order valence-electron chi connectivity index (χ3n) is 6.02. The lowest BCUT2D eigenvalue weighted by Crippen LogP contribution is -2.51. The number of hydrogen-bond donors (Lipinski definition) is 0. The zero-order valence-electron chi connectivity index (χ0n) is 16.5. The summed E-state index contributed by atoms with van der Waals surface area (Å²) in [6.07, 6.45) is 2.14. The van der Waals surface area contributed by atoms with Crippen LogP contribution in [0, 0.1) is 6.92 Å². The van der Waals surface area contributed by atoms with Crippen molar-refractivity contribution in [2.24, 2.45) is 0 Å². The second-order valence-corrected chi connectivity index (χ2v) is 7.92. The molecule has 144 valence electrons. The molecule has 1 fully saturated rings. The van der Waals surface area contributed by atoms with Crippen LogP contribution < -0.4 is 0 Å². The van der Waals surface area contributed by atoms with Gasteiger partial charge < -0.3 is 9.47 Å². The van der Waals surface area contributed by atoms with Crippen molar-refractivity contribution < 1.29 is 4.79 Å². The summed E-state index contributed by atoms with van der Waals surface area (Å²) in [5, 5.41) is 0. The molecule has 27 heavy (non-hydrogen) atoms. The van der Waals surface area contributed by atoms with Crippen molar-refractivity contribution in [3.8, 4) is 0 Å². The summed E-state index contributed by atoms with van der Waals surface area (Å²) in [5.74, 6) is 0.275. The Hall–Kier alpha value is -2.11. The first kappa shape index (κ1) is 18.3. The quantitative estimate of drug-likeness (QED) is 0.833. The van der Waals surface area contributed by atoms with Crippen molar-refractivity contribution in [1.29, 1.82) is 0 Å². The molecule has 3 heterocycles. The van der Waals surface area contributed by atoms with Crippen LogP contribution in [0.3, 0.4) is 0 Å². The van der Waals surface area contributed by atoms with Crippen molar-refractivity contribution in [1.82, 2.24) is 19.3 Å². The molecule has 0 N–H and O–H groups in total. The van der Waals surface area contributed by atoms with Crippen LogP contribution in [0.4, 0.5) is 0 Å². The number of piperazine rings is 1. The number of aromatic nitrogens is 1. The van der Waals surface area contributed by atoms with Gasteiger partial charge in [0.25, 0.3) is 0 Å². The van der Waals surface area contributed by atoms with E-state index in [2.05, 4.69) is 70.8 Å². The van der Waals surface area contributed by atoms with Gasteiger partial charge in [0.2, 0.25) is 5.91 Å². The number of nitrogens with zero attached hydrogens (tertiary/aromatic N) is 4. The van der Waals surface area contributed by atoms with Crippen LogP contribution in [0.2, 0.25) is 0 Å². The molecule has 5 nitrogen and oxygen atoms in total. The molecule has 1 aromatic carbocycles. The third kappa shape index (κ3) is 4.09. The van der Waals surface area contributed by atoms with Crippen molar-refractivity contribution >= 4 is 5.91 Å². The fourth-order valence-corrected chi connectivity index (χ4v) is 4.34. The van der Waals surface area contributed by atoms with E-state index in [1.807, 2.05) is 4.90 Å². The minimum Gasteiger partial charge on any atom is -0.349 e. The zero-order chi connectivity index (χ0) is 18.8. The summed E-state index contributed by atoms with van der Waals surface area (Å²) < 4.78 is 2.30. The van der Waals surface area contributed by atoms with Gasteiger partial charge in [0.15, 0.2) is 0 Å². The fraction of sp³-hybridized carbons (Fsp3) is 0.500. The highest BCUT2D eigenvalue weighted by Gasteiger charge is 2.28. The number of amides is 1. The number of fused-ring (bicyclic) bond motifs is 1. The van der Waals surface area contributed by atoms with E-state index >= 15 is 0 Å². The van der Waals surface area contributed by atoms with Crippen molar-refractivity contribution in [2.45, 2.75) is 33.0 Å². The molecule has 4 rings (SSSR count). The summed E-state index contributed by atoms with van der Waals surface area (Å²) >= 11 is 0. The lowest BCUT2D eigenvalue weighted by molar-refractivity contribution is -0.135. The lowest BCUT2D eigenvalue weighted by Gasteiger charge is -2.38. The molecule has 0 radical (unpaired) electrons. The van der Waals surface area contributed by atoms with Crippen LogP contribution in [0.15, 0.2) is 42.6 Å². The van der Waals surface area contributed by atoms with E-state index in [-0.39, 0.29) is 5.91 Å². The van der Waals surface area contributed by atoms with Crippen LogP contribution in [0.25, 0.3) is 0 Å². The van der Waals surface area contributed by atoms with Gasteiger partial charge in [-0.25, -0.2) is 0 Å². The molecule has 0 saturated carbocycles. The lowest BCUT2D eigenvalue weighted by atomic mass is 10.1. The Balaban J connectivity index is 1.28. The SMILES string of the molecule is Cc1cccc(CN2CCN(C(=O)CN3CCn4cccc4[C@H]3C)CC2)c1. The molecular formula is C22H30N4O. The third-order valence-corrected chi connectivity index (χ3v) is 6.02. The predicted molar refractivity (Wildman–Crippen MR) is 107 cm³/mol. The Bertz CT molecular complexity index is 791. The maximum absolute atomic E-state index is 12.8. The molecule has 2 aromatic rings. The van der Waals surface area contributed by atoms with Crippen molar-refractivity contribution in [3.05, 3.63) is 59.4 Å². The summed E-state index contributed by atoms with van der Waals surface area (Å²) in [4.78, 5) is 19.6. The molecule has 1 atom stereocenters. The minimum atomic E-state index is 0.275. The number of carbonyl (C=O) groups is 1. The van der Waals surface area contributed by atoms with E-state index in [4.69, 9.17) is 0 Å². The fourth-order valence-electron chi connectivity index (χ4n) is 4.34. The Morgan fingerprint density at radius 3 is 2.63 bits per heavy atom. The standard InChI is InChI=1S/C22H30N4O/c1-18-5-3-6-20(15-18)16-23-9-11-25(12-10-23)22(27)17-26-14-13-24-8-4-7-21(24)19(26)2/h3-8,15,19H,9-14,16-17H2,1-2H3/t19-/m1/s1. The maximum atomic E-state index is 12.8. The monoisotopic (exact) mass is 366 g/mol. The first-order valence-electron chi connectivity index (χ1n) is 10.0. The number of carbonyl (C=O) groups excluding carboxylic acids is 1. The summed E-state index contributed by atoms with van der Waals surface area (Å²) in [6.45, 7) is 11.4. The van der Waals surface area contributed by atoms with E-state index in [1.165, 1.54) is 16.8 Å². The molecule has 1 amide bonds. The smallest absolute Gasteiger partial charge is 0.236 e. The van der Waals surface area contributed by atoms with Gasteiger partial charge in [0.05, 0.1) is 6.54 Å². The average molecular weight is 367 g/mol. The van der Waals surface area contributed by atoms with Gasteiger partial charge in [0, 0.05) is 63.7 Å². The number of rotatable bonds is 4. The highest BCUT2D eigenvalue weighted by molar-refractivity contribution is 5.78. The molecule has 0 aliphatic carbocycles. The van der Waals surface area contributed by atoms with E-state index < -0.39 is 0 Å². The Kier molecular flexibility index (Phi) is 5.32. The number of benzene rings is 1. The average Bonchev–Trinajstić information content (AvgIpc) is 3.14. The van der Waals surface area contributed by atoms with E-state index in [0.29, 0.717) is 12.6 Å². The van der Waals surface area contributed by atoms with Crippen LogP contribution >= 0.6 is 0 Å². The predicted octanol–water partition coefficient (Wildman–Crippen LogP) is 2.52. The first-order chi connectivity index (χ1) is 13.1. The van der Waals surface area contributed by atoms with Gasteiger partial charge in [-0.1, -0.05) is 29.8 Å².